The van der Waals surface area contributed by atoms with E-state index < -0.39 is 11.6 Å². The predicted molar refractivity (Wildman–Crippen MR) is 147 cm³/mol. The molecule has 38 heavy (non-hydrogen) atoms. The summed E-state index contributed by atoms with van der Waals surface area (Å²) in [4.78, 5) is 0. The lowest BCUT2D eigenvalue weighted by Gasteiger charge is -2.10. The molecular formula is C32H26F2N2O2. The van der Waals surface area contributed by atoms with Crippen LogP contribution in [0.25, 0.3) is 0 Å². The van der Waals surface area contributed by atoms with Gasteiger partial charge >= 0.3 is 0 Å². The van der Waals surface area contributed by atoms with Gasteiger partial charge in [-0.1, -0.05) is 48.5 Å². The minimum absolute atomic E-state index is 0.136. The molecule has 190 valence electrons. The molecule has 0 aliphatic heterocycles. The van der Waals surface area contributed by atoms with Crippen molar-refractivity contribution in [3.05, 3.63) is 143 Å². The molecule has 6 heteroatoms. The van der Waals surface area contributed by atoms with Crippen LogP contribution in [-0.4, -0.2) is 0 Å². The molecule has 0 amide bonds. The lowest BCUT2D eigenvalue weighted by molar-refractivity contribution is 0.442. The van der Waals surface area contributed by atoms with Gasteiger partial charge in [0.25, 0.3) is 0 Å². The molecule has 0 bridgehead atoms. The molecular weight excluding hydrogens is 482 g/mol. The zero-order chi connectivity index (χ0) is 26.5. The fourth-order valence-corrected chi connectivity index (χ4v) is 4.13. The molecule has 0 saturated heterocycles. The number of nitrogen functional groups attached to an aromatic ring is 2. The molecule has 0 spiro atoms. The Balaban J connectivity index is 1.20. The first-order valence-corrected chi connectivity index (χ1v) is 12.1. The Kier molecular flexibility index (Phi) is 7.22. The fourth-order valence-electron chi connectivity index (χ4n) is 4.13. The number of halogens is 2. The first-order valence-electron chi connectivity index (χ1n) is 12.1. The topological polar surface area (TPSA) is 70.5 Å². The fraction of sp³-hybridized carbons (Fsp3) is 0.0625. The summed E-state index contributed by atoms with van der Waals surface area (Å²) in [5.41, 5.74) is 16.5. The maximum atomic E-state index is 14.0. The van der Waals surface area contributed by atoms with E-state index in [0.29, 0.717) is 22.9 Å². The summed E-state index contributed by atoms with van der Waals surface area (Å²) in [5.74, 6) is 0.385. The van der Waals surface area contributed by atoms with Crippen molar-refractivity contribution in [3.8, 4) is 23.0 Å². The molecule has 0 radical (unpaired) electrons. The van der Waals surface area contributed by atoms with Crippen LogP contribution in [0.4, 0.5) is 20.2 Å². The highest BCUT2D eigenvalue weighted by atomic mass is 19.1. The third kappa shape index (κ3) is 6.28. The molecule has 0 heterocycles. The Morgan fingerprint density at radius 1 is 0.474 bits per heavy atom. The van der Waals surface area contributed by atoms with Gasteiger partial charge in [-0.05, 0) is 83.6 Å². The lowest BCUT2D eigenvalue weighted by atomic mass is 9.99. The summed E-state index contributed by atoms with van der Waals surface area (Å²) in [6.45, 7) is 0. The van der Waals surface area contributed by atoms with Gasteiger partial charge < -0.3 is 20.9 Å². The zero-order valence-electron chi connectivity index (χ0n) is 20.5. The van der Waals surface area contributed by atoms with Crippen molar-refractivity contribution in [2.24, 2.45) is 0 Å². The number of benzene rings is 5. The van der Waals surface area contributed by atoms with E-state index in [9.17, 15) is 8.78 Å². The highest BCUT2D eigenvalue weighted by Crippen LogP contribution is 2.28. The van der Waals surface area contributed by atoms with Crippen molar-refractivity contribution in [3.63, 3.8) is 0 Å². The minimum Gasteiger partial charge on any atom is -0.454 e. The predicted octanol–water partition coefficient (Wildman–Crippen LogP) is 7.90. The van der Waals surface area contributed by atoms with E-state index in [1.165, 1.54) is 35.4 Å². The van der Waals surface area contributed by atoms with Gasteiger partial charge in [0.2, 0.25) is 0 Å². The normalized spacial score (nSPS) is 10.8. The maximum Gasteiger partial charge on any atom is 0.167 e. The molecule has 0 saturated carbocycles. The van der Waals surface area contributed by atoms with Gasteiger partial charge in [-0.3, -0.25) is 0 Å². The van der Waals surface area contributed by atoms with Crippen molar-refractivity contribution >= 4 is 11.4 Å². The van der Waals surface area contributed by atoms with Crippen LogP contribution in [0.15, 0.2) is 109 Å². The van der Waals surface area contributed by atoms with E-state index in [1.54, 1.807) is 12.1 Å². The Hall–Kier alpha value is -4.84. The van der Waals surface area contributed by atoms with Crippen LogP contribution in [-0.2, 0) is 12.8 Å². The van der Waals surface area contributed by atoms with Gasteiger partial charge in [0.05, 0.1) is 0 Å². The average molecular weight is 509 g/mol. The molecule has 5 aromatic carbocycles. The number of rotatable bonds is 8. The van der Waals surface area contributed by atoms with Crippen molar-refractivity contribution in [1.82, 2.24) is 0 Å². The van der Waals surface area contributed by atoms with Crippen molar-refractivity contribution in [2.75, 3.05) is 11.5 Å². The van der Waals surface area contributed by atoms with Crippen LogP contribution >= 0.6 is 0 Å². The second kappa shape index (κ2) is 11.0. The van der Waals surface area contributed by atoms with Crippen LogP contribution in [0.2, 0.25) is 0 Å². The van der Waals surface area contributed by atoms with E-state index in [4.69, 9.17) is 20.9 Å². The van der Waals surface area contributed by atoms with Crippen LogP contribution < -0.4 is 20.9 Å². The summed E-state index contributed by atoms with van der Waals surface area (Å²) in [5, 5.41) is 0. The third-order valence-electron chi connectivity index (χ3n) is 6.02. The number of ether oxygens (including phenoxy) is 2. The molecule has 5 rings (SSSR count). The third-order valence-corrected chi connectivity index (χ3v) is 6.02. The van der Waals surface area contributed by atoms with Crippen LogP contribution in [0.1, 0.15) is 22.3 Å². The number of nitrogens with two attached hydrogens (primary N) is 2. The summed E-state index contributed by atoms with van der Waals surface area (Å²) in [6.07, 6.45) is 1.51. The first kappa shape index (κ1) is 24.8. The molecule has 4 N–H and O–H groups in total. The van der Waals surface area contributed by atoms with E-state index >= 15 is 0 Å². The van der Waals surface area contributed by atoms with Crippen LogP contribution in [0, 0.1) is 11.6 Å². The Bertz CT molecular complexity index is 1440. The van der Waals surface area contributed by atoms with Crippen molar-refractivity contribution in [2.45, 2.75) is 12.8 Å². The van der Waals surface area contributed by atoms with Crippen molar-refractivity contribution < 1.29 is 18.3 Å². The molecule has 0 atom stereocenters. The van der Waals surface area contributed by atoms with E-state index in [1.807, 2.05) is 54.6 Å². The SMILES string of the molecule is Nc1ccc(Oc2ccc(Cc3cccc(Cc4ccc(Oc5ccc(N)cc5F)cc4)c3)cc2)c(F)c1. The average Bonchev–Trinajstić information content (AvgIpc) is 2.90. The number of anilines is 2. The van der Waals surface area contributed by atoms with Gasteiger partial charge in [-0.15, -0.1) is 0 Å². The van der Waals surface area contributed by atoms with E-state index in [0.717, 1.165) is 24.0 Å². The van der Waals surface area contributed by atoms with Gasteiger partial charge in [0.1, 0.15) is 11.5 Å². The summed E-state index contributed by atoms with van der Waals surface area (Å²) in [6, 6.07) is 32.3. The highest BCUT2D eigenvalue weighted by Gasteiger charge is 2.08. The summed E-state index contributed by atoms with van der Waals surface area (Å²) >= 11 is 0. The van der Waals surface area contributed by atoms with Crippen molar-refractivity contribution in [1.29, 1.82) is 0 Å². The van der Waals surface area contributed by atoms with Gasteiger partial charge in [-0.25, -0.2) is 8.78 Å². The second-order valence-electron chi connectivity index (χ2n) is 9.05. The molecule has 0 fully saturated rings. The van der Waals surface area contributed by atoms with E-state index in [2.05, 4.69) is 18.2 Å². The molecule has 0 aromatic heterocycles. The Labute approximate surface area is 220 Å². The first-order chi connectivity index (χ1) is 18.4. The maximum absolute atomic E-state index is 14.0. The zero-order valence-corrected chi connectivity index (χ0v) is 20.5. The monoisotopic (exact) mass is 508 g/mol. The second-order valence-corrected chi connectivity index (χ2v) is 9.05. The molecule has 4 nitrogen and oxygen atoms in total. The lowest BCUT2D eigenvalue weighted by Crippen LogP contribution is -1.94. The van der Waals surface area contributed by atoms with E-state index in [-0.39, 0.29) is 11.5 Å². The smallest absolute Gasteiger partial charge is 0.167 e. The van der Waals surface area contributed by atoms with Gasteiger partial charge in [0.15, 0.2) is 23.1 Å². The summed E-state index contributed by atoms with van der Waals surface area (Å²) in [7, 11) is 0. The van der Waals surface area contributed by atoms with Gasteiger partial charge in [0, 0.05) is 23.5 Å². The number of hydrogen-bond acceptors (Lipinski definition) is 4. The standard InChI is InChI=1S/C32H26F2N2O2/c33-29-19-25(35)8-14-31(29)37-27-10-4-21(5-11-27)16-23-2-1-3-24(18-23)17-22-6-12-28(13-7-22)38-32-15-9-26(36)20-30(32)34/h1-15,18-20H,16-17,35-36H2. The van der Waals surface area contributed by atoms with Crippen LogP contribution in [0.5, 0.6) is 23.0 Å². The van der Waals surface area contributed by atoms with Gasteiger partial charge in [-0.2, -0.15) is 0 Å². The molecule has 0 unspecified atom stereocenters. The molecule has 0 aliphatic carbocycles. The highest BCUT2D eigenvalue weighted by molar-refractivity contribution is 5.46. The molecule has 5 aromatic rings. The number of hydrogen-bond donors (Lipinski definition) is 2. The Morgan fingerprint density at radius 2 is 0.895 bits per heavy atom. The minimum atomic E-state index is -0.497. The van der Waals surface area contributed by atoms with Crippen LogP contribution in [0.3, 0.4) is 0 Å². The molecule has 0 aliphatic rings. The quantitative estimate of drug-likeness (QED) is 0.209. The summed E-state index contributed by atoms with van der Waals surface area (Å²) < 4.78 is 39.3. The Morgan fingerprint density at radius 3 is 1.29 bits per heavy atom. The largest absolute Gasteiger partial charge is 0.454 e.